The molecule has 0 unspecified atom stereocenters. The standard InChI is InChI=1S/C41H55N9O11/c1-22(2)33(36(43)55)48-39(58)34(23(3)4)49-40(59)35(26-14-10-7-11-15-26)50-38(57)27(16-17-29(42)51)46-31(53)19-18-30(52)45-24(5)37(56)44-21-32(54)47-28(41(60)61)20-25-12-8-6-9-13-25/h6-15,18-19,22-24,27-28,33-35H,16-17,20-21H2,1-5H3,(H2,42,51)(H2,43,55)(H,44,56)(H,45,52)(H,46,53)(H,47,54)(H,48,58)(H,49,59)(H,50,57)(H,60,61)/b19-18+/t24-,27-,28-,33-,34-,35-/m0/s1. The van der Waals surface area contributed by atoms with Crippen LogP contribution in [-0.4, -0.2) is 101 Å². The molecule has 9 amide bonds. The van der Waals surface area contributed by atoms with E-state index >= 15 is 0 Å². The molecule has 0 aliphatic heterocycles. The van der Waals surface area contributed by atoms with E-state index in [-0.39, 0.29) is 30.7 Å². The molecule has 0 aliphatic carbocycles. The van der Waals surface area contributed by atoms with Gasteiger partial charge in [0.05, 0.1) is 6.54 Å². The fourth-order valence-corrected chi connectivity index (χ4v) is 5.64. The molecule has 0 heterocycles. The molecular weight excluding hydrogens is 795 g/mol. The third kappa shape index (κ3) is 17.7. The van der Waals surface area contributed by atoms with E-state index in [0.29, 0.717) is 5.56 Å². The molecule has 2 rings (SSSR count). The molecule has 61 heavy (non-hydrogen) atoms. The van der Waals surface area contributed by atoms with E-state index in [9.17, 15) is 53.1 Å². The number of carbonyl (C=O) groups excluding carboxylic acids is 9. The van der Waals surface area contributed by atoms with Gasteiger partial charge in [0.15, 0.2) is 0 Å². The van der Waals surface area contributed by atoms with Crippen molar-refractivity contribution in [3.05, 3.63) is 83.9 Å². The second kappa shape index (κ2) is 24.7. The van der Waals surface area contributed by atoms with Crippen molar-refractivity contribution in [2.24, 2.45) is 23.3 Å². The molecule has 0 radical (unpaired) electrons. The van der Waals surface area contributed by atoms with Crippen LogP contribution in [0, 0.1) is 11.8 Å². The highest BCUT2D eigenvalue weighted by Gasteiger charge is 2.34. The lowest BCUT2D eigenvalue weighted by atomic mass is 9.98. The van der Waals surface area contributed by atoms with E-state index < -0.39 is 108 Å². The molecule has 0 saturated heterocycles. The van der Waals surface area contributed by atoms with Crippen molar-refractivity contribution in [3.8, 4) is 0 Å². The maximum absolute atomic E-state index is 13.8. The summed E-state index contributed by atoms with van der Waals surface area (Å²) >= 11 is 0. The SMILES string of the molecule is CC(C)[C@H](NC(=O)[C@@H](NC(=O)[C@@H](NC(=O)[C@H](CCC(N)=O)NC(=O)/C=C/C(=O)N[C@@H](C)C(=O)NCC(=O)N[C@@H](Cc1ccccc1)C(=O)O)c1ccccc1)C(C)C)C(N)=O. The molecule has 0 bridgehead atoms. The number of rotatable bonds is 24. The summed E-state index contributed by atoms with van der Waals surface area (Å²) in [6, 6.07) is 8.95. The highest BCUT2D eigenvalue weighted by molar-refractivity contribution is 6.01. The first kappa shape index (κ1) is 50.0. The topological polar surface area (TPSA) is 327 Å². The lowest BCUT2D eigenvalue weighted by Gasteiger charge is -2.28. The predicted octanol–water partition coefficient (Wildman–Crippen LogP) is -1.65. The minimum Gasteiger partial charge on any atom is -0.480 e. The summed E-state index contributed by atoms with van der Waals surface area (Å²) in [5.41, 5.74) is 11.7. The molecule has 6 atom stereocenters. The van der Waals surface area contributed by atoms with Gasteiger partial charge in [-0.2, -0.15) is 0 Å². The molecular formula is C41H55N9O11. The van der Waals surface area contributed by atoms with Crippen molar-refractivity contribution in [1.29, 1.82) is 0 Å². The zero-order chi connectivity index (χ0) is 45.8. The summed E-state index contributed by atoms with van der Waals surface area (Å²) in [7, 11) is 0. The van der Waals surface area contributed by atoms with Crippen LogP contribution in [0.5, 0.6) is 0 Å². The third-order valence-electron chi connectivity index (χ3n) is 8.99. The zero-order valence-corrected chi connectivity index (χ0v) is 34.6. The quantitative estimate of drug-likeness (QED) is 0.0534. The summed E-state index contributed by atoms with van der Waals surface area (Å²) in [5.74, 6) is -9.64. The van der Waals surface area contributed by atoms with Gasteiger partial charge in [-0.3, -0.25) is 43.2 Å². The summed E-state index contributed by atoms with van der Waals surface area (Å²) in [6.07, 6.45) is 0.827. The van der Waals surface area contributed by atoms with Crippen LogP contribution < -0.4 is 48.7 Å². The number of carboxylic acid groups (broad SMARTS) is 1. The van der Waals surface area contributed by atoms with Crippen LogP contribution in [0.1, 0.15) is 64.6 Å². The maximum atomic E-state index is 13.8. The fraction of sp³-hybridized carbons (Fsp3) is 0.415. The van der Waals surface area contributed by atoms with E-state index in [0.717, 1.165) is 12.2 Å². The van der Waals surface area contributed by atoms with E-state index in [4.69, 9.17) is 11.5 Å². The fourth-order valence-electron chi connectivity index (χ4n) is 5.64. The Hall–Kier alpha value is -7.12. The molecule has 0 aromatic heterocycles. The number of benzene rings is 2. The van der Waals surface area contributed by atoms with Crippen molar-refractivity contribution in [2.45, 2.75) is 90.1 Å². The smallest absolute Gasteiger partial charge is 0.326 e. The van der Waals surface area contributed by atoms with Crippen LogP contribution in [0.4, 0.5) is 0 Å². The Bertz CT molecular complexity index is 1920. The molecule has 20 heteroatoms. The Morgan fingerprint density at radius 2 is 1.15 bits per heavy atom. The van der Waals surface area contributed by atoms with Crippen molar-refractivity contribution < 1.29 is 53.1 Å². The minimum absolute atomic E-state index is 0.00508. The molecule has 0 spiro atoms. The lowest BCUT2D eigenvalue weighted by Crippen LogP contribution is -2.58. The van der Waals surface area contributed by atoms with Gasteiger partial charge in [0.1, 0.15) is 36.3 Å². The molecule has 12 N–H and O–H groups in total. The van der Waals surface area contributed by atoms with E-state index in [1.165, 1.54) is 19.1 Å². The monoisotopic (exact) mass is 849 g/mol. The minimum atomic E-state index is -1.47. The molecule has 2 aromatic rings. The third-order valence-corrected chi connectivity index (χ3v) is 8.99. The van der Waals surface area contributed by atoms with E-state index in [2.05, 4.69) is 37.2 Å². The average molecular weight is 850 g/mol. The zero-order valence-electron chi connectivity index (χ0n) is 34.6. The normalized spacial score (nSPS) is 14.0. The van der Waals surface area contributed by atoms with Crippen LogP contribution in [-0.2, 0) is 54.4 Å². The number of hydrogen-bond acceptors (Lipinski definition) is 10. The highest BCUT2D eigenvalue weighted by atomic mass is 16.4. The maximum Gasteiger partial charge on any atom is 0.326 e. The first-order chi connectivity index (χ1) is 28.7. The first-order valence-electron chi connectivity index (χ1n) is 19.4. The van der Waals surface area contributed by atoms with Gasteiger partial charge < -0.3 is 53.8 Å². The largest absolute Gasteiger partial charge is 0.480 e. The Balaban J connectivity index is 2.10. The Labute approximate surface area is 352 Å². The second-order valence-corrected chi connectivity index (χ2v) is 14.7. The second-order valence-electron chi connectivity index (χ2n) is 14.7. The number of carboxylic acids is 1. The number of aliphatic carboxylic acids is 1. The summed E-state index contributed by atoms with van der Waals surface area (Å²) in [4.78, 5) is 126. The number of carbonyl (C=O) groups is 10. The number of nitrogens with two attached hydrogens (primary N) is 2. The van der Waals surface area contributed by atoms with Gasteiger partial charge in [-0.25, -0.2) is 4.79 Å². The summed E-state index contributed by atoms with van der Waals surface area (Å²) in [5, 5.41) is 26.5. The van der Waals surface area contributed by atoms with Gasteiger partial charge in [0.2, 0.25) is 53.2 Å². The molecule has 20 nitrogen and oxygen atoms in total. The van der Waals surface area contributed by atoms with Crippen molar-refractivity contribution in [1.82, 2.24) is 37.2 Å². The Morgan fingerprint density at radius 1 is 0.607 bits per heavy atom. The van der Waals surface area contributed by atoms with Gasteiger partial charge in [0, 0.05) is 25.0 Å². The lowest BCUT2D eigenvalue weighted by molar-refractivity contribution is -0.141. The Morgan fingerprint density at radius 3 is 1.67 bits per heavy atom. The molecule has 2 aromatic carbocycles. The van der Waals surface area contributed by atoms with Crippen molar-refractivity contribution in [2.75, 3.05) is 6.54 Å². The average Bonchev–Trinajstić information content (AvgIpc) is 3.20. The molecule has 0 fully saturated rings. The number of amides is 9. The van der Waals surface area contributed by atoms with Crippen molar-refractivity contribution >= 4 is 59.1 Å². The highest BCUT2D eigenvalue weighted by Crippen LogP contribution is 2.16. The molecule has 330 valence electrons. The van der Waals surface area contributed by atoms with E-state index in [1.807, 2.05) is 0 Å². The van der Waals surface area contributed by atoms with E-state index in [1.54, 1.807) is 76.2 Å². The van der Waals surface area contributed by atoms with Gasteiger partial charge >= 0.3 is 5.97 Å². The van der Waals surface area contributed by atoms with Gasteiger partial charge in [0.25, 0.3) is 0 Å². The van der Waals surface area contributed by atoms with Crippen LogP contribution in [0.25, 0.3) is 0 Å². The predicted molar refractivity (Wildman–Crippen MR) is 220 cm³/mol. The Kier molecular flexibility index (Phi) is 20.3. The molecule has 0 aliphatic rings. The van der Waals surface area contributed by atoms with Crippen LogP contribution in [0.15, 0.2) is 72.8 Å². The summed E-state index contributed by atoms with van der Waals surface area (Å²) < 4.78 is 0. The van der Waals surface area contributed by atoms with Crippen LogP contribution >= 0.6 is 0 Å². The van der Waals surface area contributed by atoms with Gasteiger partial charge in [-0.05, 0) is 36.3 Å². The molecule has 0 saturated carbocycles. The van der Waals surface area contributed by atoms with Crippen molar-refractivity contribution in [3.63, 3.8) is 0 Å². The number of nitrogens with one attached hydrogen (secondary N) is 7. The van der Waals surface area contributed by atoms with Gasteiger partial charge in [-0.1, -0.05) is 88.4 Å². The van der Waals surface area contributed by atoms with Crippen LogP contribution in [0.3, 0.4) is 0 Å². The first-order valence-corrected chi connectivity index (χ1v) is 19.4. The number of primary amides is 2. The number of hydrogen-bond donors (Lipinski definition) is 10. The van der Waals surface area contributed by atoms with Crippen LogP contribution in [0.2, 0.25) is 0 Å². The summed E-state index contributed by atoms with van der Waals surface area (Å²) in [6.45, 7) is 7.37. The van der Waals surface area contributed by atoms with Gasteiger partial charge in [-0.15, -0.1) is 0 Å².